The zero-order chi connectivity index (χ0) is 19.4. The summed E-state index contributed by atoms with van der Waals surface area (Å²) >= 11 is 5.75. The molecule has 27 heavy (non-hydrogen) atoms. The van der Waals surface area contributed by atoms with Gasteiger partial charge in [-0.1, -0.05) is 11.6 Å². The predicted octanol–water partition coefficient (Wildman–Crippen LogP) is 3.68. The second kappa shape index (κ2) is 7.96. The first-order chi connectivity index (χ1) is 13.0. The van der Waals surface area contributed by atoms with Gasteiger partial charge >= 0.3 is 0 Å². The molecule has 1 aliphatic heterocycles. The molecule has 0 unspecified atom stereocenters. The number of carbonyl (C=O) groups is 1. The van der Waals surface area contributed by atoms with Gasteiger partial charge in [-0.05, 0) is 35.9 Å². The van der Waals surface area contributed by atoms with E-state index in [1.54, 1.807) is 18.2 Å². The van der Waals surface area contributed by atoms with Crippen molar-refractivity contribution in [1.82, 2.24) is 0 Å². The first kappa shape index (κ1) is 18.5. The summed E-state index contributed by atoms with van der Waals surface area (Å²) in [6, 6.07) is 7.47. The van der Waals surface area contributed by atoms with E-state index in [1.807, 2.05) is 0 Å². The van der Waals surface area contributed by atoms with Crippen molar-refractivity contribution in [3.05, 3.63) is 57.1 Å². The topological polar surface area (TPSA) is 99.9 Å². The van der Waals surface area contributed by atoms with Crippen LogP contribution in [0, 0.1) is 10.1 Å². The minimum atomic E-state index is -0.616. The average molecular weight is 391 g/mol. The minimum Gasteiger partial charge on any atom is -0.493 e. The van der Waals surface area contributed by atoms with E-state index < -0.39 is 10.8 Å². The zero-order valence-corrected chi connectivity index (χ0v) is 15.0. The standard InChI is InChI=1S/C18H15ClN2O6/c1-25-15-8-11(9-16-18(15)27-7-6-26-16)2-5-17(22)20-12-3-4-13(19)14(10-12)21(23)24/h2-5,8-10H,6-7H2,1H3,(H,20,22)/b5-2+. The lowest BCUT2D eigenvalue weighted by Gasteiger charge is -2.20. The van der Waals surface area contributed by atoms with E-state index in [-0.39, 0.29) is 16.4 Å². The van der Waals surface area contributed by atoms with Gasteiger partial charge in [-0.2, -0.15) is 0 Å². The van der Waals surface area contributed by atoms with Gasteiger partial charge in [0.1, 0.15) is 18.2 Å². The summed E-state index contributed by atoms with van der Waals surface area (Å²) in [5, 5.41) is 13.5. The molecule has 0 aliphatic carbocycles. The number of rotatable bonds is 5. The first-order valence-electron chi connectivity index (χ1n) is 7.88. The van der Waals surface area contributed by atoms with Crippen LogP contribution in [0.3, 0.4) is 0 Å². The monoisotopic (exact) mass is 390 g/mol. The Morgan fingerprint density at radius 1 is 1.30 bits per heavy atom. The van der Waals surface area contributed by atoms with Crippen LogP contribution in [-0.4, -0.2) is 31.2 Å². The molecule has 0 spiro atoms. The fraction of sp³-hybridized carbons (Fsp3) is 0.167. The van der Waals surface area contributed by atoms with Gasteiger partial charge < -0.3 is 19.5 Å². The Morgan fingerprint density at radius 3 is 2.81 bits per heavy atom. The van der Waals surface area contributed by atoms with Crippen molar-refractivity contribution in [3.63, 3.8) is 0 Å². The van der Waals surface area contributed by atoms with Crippen LogP contribution in [-0.2, 0) is 4.79 Å². The maximum Gasteiger partial charge on any atom is 0.289 e. The largest absolute Gasteiger partial charge is 0.493 e. The molecule has 2 aromatic rings. The number of nitrogens with one attached hydrogen (secondary N) is 1. The Hall–Kier alpha value is -3.26. The predicted molar refractivity (Wildman–Crippen MR) is 99.8 cm³/mol. The molecule has 140 valence electrons. The summed E-state index contributed by atoms with van der Waals surface area (Å²) in [6.07, 6.45) is 2.87. The van der Waals surface area contributed by atoms with Crippen molar-refractivity contribution in [1.29, 1.82) is 0 Å². The second-order valence-electron chi connectivity index (χ2n) is 5.49. The second-order valence-corrected chi connectivity index (χ2v) is 5.90. The van der Waals surface area contributed by atoms with E-state index in [4.69, 9.17) is 25.8 Å². The number of amides is 1. The fourth-order valence-electron chi connectivity index (χ4n) is 2.48. The summed E-state index contributed by atoms with van der Waals surface area (Å²) < 4.78 is 16.4. The van der Waals surface area contributed by atoms with E-state index >= 15 is 0 Å². The first-order valence-corrected chi connectivity index (χ1v) is 8.26. The van der Waals surface area contributed by atoms with Crippen LogP contribution in [0.5, 0.6) is 17.2 Å². The quantitative estimate of drug-likeness (QED) is 0.475. The van der Waals surface area contributed by atoms with E-state index in [0.29, 0.717) is 36.0 Å². The van der Waals surface area contributed by atoms with E-state index in [0.717, 1.165) is 0 Å². The molecular weight excluding hydrogens is 376 g/mol. The molecule has 0 bridgehead atoms. The molecule has 8 nitrogen and oxygen atoms in total. The molecular formula is C18H15ClN2O6. The van der Waals surface area contributed by atoms with Crippen molar-refractivity contribution < 1.29 is 23.9 Å². The highest BCUT2D eigenvalue weighted by Gasteiger charge is 2.18. The average Bonchev–Trinajstić information content (AvgIpc) is 2.67. The van der Waals surface area contributed by atoms with Crippen molar-refractivity contribution in [2.24, 2.45) is 0 Å². The number of fused-ring (bicyclic) bond motifs is 1. The highest BCUT2D eigenvalue weighted by atomic mass is 35.5. The van der Waals surface area contributed by atoms with Crippen molar-refractivity contribution in [2.75, 3.05) is 25.6 Å². The van der Waals surface area contributed by atoms with Crippen LogP contribution < -0.4 is 19.5 Å². The van der Waals surface area contributed by atoms with E-state index in [1.165, 1.54) is 31.4 Å². The number of nitro groups is 1. The molecule has 0 atom stereocenters. The number of hydrogen-bond acceptors (Lipinski definition) is 6. The van der Waals surface area contributed by atoms with Gasteiger partial charge in [0.2, 0.25) is 11.7 Å². The van der Waals surface area contributed by atoms with Gasteiger partial charge in [0, 0.05) is 17.8 Å². The molecule has 0 saturated carbocycles. The normalized spacial score (nSPS) is 12.7. The number of hydrogen-bond donors (Lipinski definition) is 1. The number of carbonyl (C=O) groups excluding carboxylic acids is 1. The number of nitrogens with zero attached hydrogens (tertiary/aromatic N) is 1. The van der Waals surface area contributed by atoms with E-state index in [2.05, 4.69) is 5.32 Å². The number of anilines is 1. The number of ether oxygens (including phenoxy) is 3. The lowest BCUT2D eigenvalue weighted by Crippen LogP contribution is -2.16. The molecule has 1 N–H and O–H groups in total. The molecule has 2 aromatic carbocycles. The summed E-state index contributed by atoms with van der Waals surface area (Å²) in [5.74, 6) is 1.11. The number of benzene rings is 2. The SMILES string of the molecule is COc1cc(/C=C/C(=O)Nc2ccc(Cl)c([N+](=O)[O-])c2)cc2c1OCCO2. The number of methoxy groups -OCH3 is 1. The highest BCUT2D eigenvalue weighted by Crippen LogP contribution is 2.40. The van der Waals surface area contributed by atoms with Gasteiger partial charge in [-0.25, -0.2) is 0 Å². The van der Waals surface area contributed by atoms with Crippen LogP contribution in [0.2, 0.25) is 5.02 Å². The Labute approximate surface area is 159 Å². The maximum absolute atomic E-state index is 12.1. The molecule has 1 amide bonds. The third-order valence-electron chi connectivity index (χ3n) is 3.69. The molecule has 0 radical (unpaired) electrons. The third kappa shape index (κ3) is 4.29. The number of nitro benzene ring substituents is 1. The summed E-state index contributed by atoms with van der Waals surface area (Å²) in [4.78, 5) is 22.4. The zero-order valence-electron chi connectivity index (χ0n) is 14.2. The van der Waals surface area contributed by atoms with Crippen LogP contribution in [0.15, 0.2) is 36.4 Å². The van der Waals surface area contributed by atoms with E-state index in [9.17, 15) is 14.9 Å². The van der Waals surface area contributed by atoms with Gasteiger partial charge in [0.25, 0.3) is 5.69 Å². The molecule has 0 aromatic heterocycles. The lowest BCUT2D eigenvalue weighted by atomic mass is 10.1. The molecule has 3 rings (SSSR count). The summed E-state index contributed by atoms with van der Waals surface area (Å²) in [6.45, 7) is 0.868. The Morgan fingerprint density at radius 2 is 2.07 bits per heavy atom. The minimum absolute atomic E-state index is 0.00286. The molecule has 0 saturated heterocycles. The number of halogens is 1. The maximum atomic E-state index is 12.1. The van der Waals surface area contributed by atoms with Crippen LogP contribution in [0.1, 0.15) is 5.56 Å². The smallest absolute Gasteiger partial charge is 0.289 e. The molecule has 1 heterocycles. The molecule has 1 aliphatic rings. The van der Waals surface area contributed by atoms with Gasteiger partial charge in [-0.15, -0.1) is 0 Å². The van der Waals surface area contributed by atoms with Crippen LogP contribution in [0.4, 0.5) is 11.4 Å². The fourth-order valence-corrected chi connectivity index (χ4v) is 2.66. The van der Waals surface area contributed by atoms with Gasteiger partial charge in [0.15, 0.2) is 11.5 Å². The Balaban J connectivity index is 1.75. The third-order valence-corrected chi connectivity index (χ3v) is 4.01. The van der Waals surface area contributed by atoms with Gasteiger partial charge in [-0.3, -0.25) is 14.9 Å². The van der Waals surface area contributed by atoms with Gasteiger partial charge in [0.05, 0.1) is 12.0 Å². The van der Waals surface area contributed by atoms with Crippen molar-refractivity contribution >= 4 is 35.0 Å². The van der Waals surface area contributed by atoms with Crippen LogP contribution in [0.25, 0.3) is 6.08 Å². The Bertz CT molecular complexity index is 911. The summed E-state index contributed by atoms with van der Waals surface area (Å²) in [7, 11) is 1.52. The van der Waals surface area contributed by atoms with Crippen molar-refractivity contribution in [2.45, 2.75) is 0 Å². The Kier molecular flexibility index (Phi) is 5.46. The molecule has 0 fully saturated rings. The summed E-state index contributed by atoms with van der Waals surface area (Å²) in [5.41, 5.74) is 0.656. The van der Waals surface area contributed by atoms with Crippen LogP contribution >= 0.6 is 11.6 Å². The molecule has 9 heteroatoms. The lowest BCUT2D eigenvalue weighted by molar-refractivity contribution is -0.384. The highest BCUT2D eigenvalue weighted by molar-refractivity contribution is 6.32. The van der Waals surface area contributed by atoms with Crippen molar-refractivity contribution in [3.8, 4) is 17.2 Å².